The molecule has 1 N–H and O–H groups in total. The van der Waals surface area contributed by atoms with Crippen molar-refractivity contribution in [3.8, 4) is 6.07 Å². The molecule has 5 nitrogen and oxygen atoms in total. The minimum Gasteiger partial charge on any atom is -0.319 e. The predicted octanol–water partition coefficient (Wildman–Crippen LogP) is 0.389. The molecule has 0 saturated carbocycles. The molecule has 2 heterocycles. The van der Waals surface area contributed by atoms with Crippen LogP contribution in [0.4, 0.5) is 0 Å². The van der Waals surface area contributed by atoms with Crippen molar-refractivity contribution in [1.29, 1.82) is 5.26 Å². The van der Waals surface area contributed by atoms with Gasteiger partial charge in [0.05, 0.1) is 17.3 Å². The molecule has 1 aliphatic rings. The molecule has 1 aromatic rings. The third kappa shape index (κ3) is 2.05. The minimum absolute atomic E-state index is 0.0846. The number of carbonyl (C=O) groups is 1. The van der Waals surface area contributed by atoms with Gasteiger partial charge in [-0.2, -0.15) is 5.26 Å². The fraction of sp³-hybridized carbons (Fsp3) is 0.500. The minimum atomic E-state index is -0.372. The van der Waals surface area contributed by atoms with Crippen molar-refractivity contribution in [3.63, 3.8) is 0 Å². The van der Waals surface area contributed by atoms with E-state index in [1.165, 1.54) is 11.3 Å². The van der Waals surface area contributed by atoms with Gasteiger partial charge in [0.15, 0.2) is 0 Å². The summed E-state index contributed by atoms with van der Waals surface area (Å²) in [7, 11) is 0. The first-order valence-corrected chi connectivity index (χ1v) is 5.88. The first kappa shape index (κ1) is 11.0. The molecule has 1 aromatic heterocycles. The predicted molar refractivity (Wildman–Crippen MR) is 60.2 cm³/mol. The summed E-state index contributed by atoms with van der Waals surface area (Å²) in [4.78, 5) is 18.4. The Morgan fingerprint density at radius 2 is 2.62 bits per heavy atom. The number of piperazine rings is 1. The maximum atomic E-state index is 12.1. The highest BCUT2D eigenvalue weighted by Crippen LogP contribution is 2.16. The van der Waals surface area contributed by atoms with Crippen LogP contribution in [0, 0.1) is 18.3 Å². The lowest BCUT2D eigenvalue weighted by atomic mass is 10.2. The van der Waals surface area contributed by atoms with E-state index in [0.29, 0.717) is 18.0 Å². The fourth-order valence-corrected chi connectivity index (χ4v) is 2.40. The van der Waals surface area contributed by atoms with Gasteiger partial charge in [-0.1, -0.05) is 0 Å². The summed E-state index contributed by atoms with van der Waals surface area (Å²) >= 11 is 1.37. The molecule has 6 heteroatoms. The summed E-state index contributed by atoms with van der Waals surface area (Å²) in [5.41, 5.74) is 0. The Morgan fingerprint density at radius 1 is 1.81 bits per heavy atom. The van der Waals surface area contributed by atoms with Crippen LogP contribution < -0.4 is 5.32 Å². The number of rotatable bonds is 1. The van der Waals surface area contributed by atoms with Gasteiger partial charge in [-0.25, -0.2) is 4.98 Å². The van der Waals surface area contributed by atoms with Crippen molar-refractivity contribution in [1.82, 2.24) is 15.2 Å². The normalized spacial score (nSPS) is 20.5. The molecule has 84 valence electrons. The first-order valence-electron chi connectivity index (χ1n) is 5.06. The van der Waals surface area contributed by atoms with Gasteiger partial charge in [-0.05, 0) is 6.92 Å². The molecule has 0 bridgehead atoms. The molecule has 1 amide bonds. The second-order valence-corrected chi connectivity index (χ2v) is 4.83. The number of nitrogens with zero attached hydrogens (tertiary/aromatic N) is 3. The van der Waals surface area contributed by atoms with Crippen LogP contribution >= 0.6 is 11.3 Å². The van der Waals surface area contributed by atoms with Crippen molar-refractivity contribution in [2.24, 2.45) is 0 Å². The van der Waals surface area contributed by atoms with E-state index in [4.69, 9.17) is 5.26 Å². The number of amides is 1. The average molecular weight is 236 g/mol. The number of carbonyl (C=O) groups excluding carboxylic acids is 1. The molecular formula is C10H12N4OS. The molecule has 0 aliphatic carbocycles. The average Bonchev–Trinajstić information content (AvgIpc) is 2.75. The van der Waals surface area contributed by atoms with Crippen LogP contribution in [0.1, 0.15) is 14.7 Å². The number of aryl methyl sites for hydroxylation is 1. The SMILES string of the molecule is Cc1ncc(C(=O)N2CCNCC2C#N)s1. The monoisotopic (exact) mass is 236 g/mol. The summed E-state index contributed by atoms with van der Waals surface area (Å²) in [6.45, 7) is 3.72. The molecule has 16 heavy (non-hydrogen) atoms. The molecular weight excluding hydrogens is 224 g/mol. The van der Waals surface area contributed by atoms with Gasteiger partial charge in [0.2, 0.25) is 0 Å². The molecule has 1 aliphatic heterocycles. The van der Waals surface area contributed by atoms with Crippen molar-refractivity contribution in [2.75, 3.05) is 19.6 Å². The lowest BCUT2D eigenvalue weighted by Crippen LogP contribution is -2.52. The highest BCUT2D eigenvalue weighted by atomic mass is 32.1. The summed E-state index contributed by atoms with van der Waals surface area (Å²) in [5, 5.41) is 12.9. The Bertz CT molecular complexity index is 436. The van der Waals surface area contributed by atoms with Crippen LogP contribution in [0.2, 0.25) is 0 Å². The third-order valence-electron chi connectivity index (χ3n) is 2.49. The van der Waals surface area contributed by atoms with Gasteiger partial charge >= 0.3 is 0 Å². The van der Waals surface area contributed by atoms with E-state index in [1.54, 1.807) is 11.1 Å². The van der Waals surface area contributed by atoms with Crippen LogP contribution in [0.3, 0.4) is 0 Å². The Hall–Kier alpha value is -1.45. The number of nitriles is 1. The van der Waals surface area contributed by atoms with Crippen LogP contribution in [0.15, 0.2) is 6.20 Å². The number of hydrogen-bond acceptors (Lipinski definition) is 5. The lowest BCUT2D eigenvalue weighted by Gasteiger charge is -2.31. The first-order chi connectivity index (χ1) is 7.72. The molecule has 1 saturated heterocycles. The van der Waals surface area contributed by atoms with Crippen molar-refractivity contribution >= 4 is 17.2 Å². The molecule has 2 rings (SSSR count). The second-order valence-electron chi connectivity index (χ2n) is 3.59. The second kappa shape index (κ2) is 4.60. The largest absolute Gasteiger partial charge is 0.319 e. The van der Waals surface area contributed by atoms with E-state index in [1.807, 2.05) is 6.92 Å². The van der Waals surface area contributed by atoms with E-state index in [2.05, 4.69) is 16.4 Å². The third-order valence-corrected chi connectivity index (χ3v) is 3.39. The fourth-order valence-electron chi connectivity index (χ4n) is 1.66. The van der Waals surface area contributed by atoms with E-state index < -0.39 is 0 Å². The van der Waals surface area contributed by atoms with Crippen LogP contribution in [-0.4, -0.2) is 41.5 Å². The summed E-state index contributed by atoms with van der Waals surface area (Å²) in [5.74, 6) is -0.0846. The highest BCUT2D eigenvalue weighted by Gasteiger charge is 2.27. The zero-order valence-electron chi connectivity index (χ0n) is 8.93. The molecule has 0 aromatic carbocycles. The molecule has 1 fully saturated rings. The van der Waals surface area contributed by atoms with E-state index >= 15 is 0 Å². The summed E-state index contributed by atoms with van der Waals surface area (Å²) in [6.07, 6.45) is 1.58. The lowest BCUT2D eigenvalue weighted by molar-refractivity contribution is 0.0692. The van der Waals surface area contributed by atoms with Gasteiger partial charge in [0, 0.05) is 19.6 Å². The number of aromatic nitrogens is 1. The Morgan fingerprint density at radius 3 is 3.25 bits per heavy atom. The quantitative estimate of drug-likeness (QED) is 0.765. The van der Waals surface area contributed by atoms with Gasteiger partial charge in [-0.3, -0.25) is 4.79 Å². The van der Waals surface area contributed by atoms with Crippen LogP contribution in [0.25, 0.3) is 0 Å². The maximum Gasteiger partial charge on any atom is 0.266 e. The Labute approximate surface area is 97.7 Å². The standard InChI is InChI=1S/C10H12N4OS/c1-7-13-6-9(16-7)10(15)14-3-2-12-5-8(14)4-11/h6,8,12H,2-3,5H2,1H3. The number of nitrogens with one attached hydrogen (secondary N) is 1. The zero-order chi connectivity index (χ0) is 11.5. The van der Waals surface area contributed by atoms with Gasteiger partial charge in [-0.15, -0.1) is 11.3 Å². The highest BCUT2D eigenvalue weighted by molar-refractivity contribution is 7.13. The van der Waals surface area contributed by atoms with Crippen molar-refractivity contribution < 1.29 is 4.79 Å². The molecule has 1 unspecified atom stereocenters. The van der Waals surface area contributed by atoms with E-state index in [0.717, 1.165) is 11.6 Å². The summed E-state index contributed by atoms with van der Waals surface area (Å²) < 4.78 is 0. The van der Waals surface area contributed by atoms with Gasteiger partial charge in [0.1, 0.15) is 10.9 Å². The zero-order valence-corrected chi connectivity index (χ0v) is 9.75. The van der Waals surface area contributed by atoms with Crippen molar-refractivity contribution in [3.05, 3.63) is 16.1 Å². The van der Waals surface area contributed by atoms with Gasteiger partial charge < -0.3 is 10.2 Å². The molecule has 0 spiro atoms. The van der Waals surface area contributed by atoms with E-state index in [-0.39, 0.29) is 11.9 Å². The maximum absolute atomic E-state index is 12.1. The van der Waals surface area contributed by atoms with Crippen molar-refractivity contribution in [2.45, 2.75) is 13.0 Å². The molecule has 0 radical (unpaired) electrons. The smallest absolute Gasteiger partial charge is 0.266 e. The summed E-state index contributed by atoms with van der Waals surface area (Å²) in [6, 6.07) is 1.77. The van der Waals surface area contributed by atoms with Crippen LogP contribution in [-0.2, 0) is 0 Å². The number of hydrogen-bond donors (Lipinski definition) is 1. The number of thiazole rings is 1. The van der Waals surface area contributed by atoms with Crippen LogP contribution in [0.5, 0.6) is 0 Å². The van der Waals surface area contributed by atoms with E-state index in [9.17, 15) is 4.79 Å². The topological polar surface area (TPSA) is 69.0 Å². The Kier molecular flexibility index (Phi) is 3.17. The Balaban J connectivity index is 2.17. The molecule has 1 atom stereocenters. The van der Waals surface area contributed by atoms with Gasteiger partial charge in [0.25, 0.3) is 5.91 Å².